The van der Waals surface area contributed by atoms with E-state index in [2.05, 4.69) is 15.3 Å². The minimum atomic E-state index is -0.668. The lowest BCUT2D eigenvalue weighted by Gasteiger charge is -2.29. The number of rotatable bonds is 2. The molecule has 3 amide bonds. The Labute approximate surface area is 164 Å². The minimum absolute atomic E-state index is 0.207. The Kier molecular flexibility index (Phi) is 3.80. The fraction of sp³-hybridized carbons (Fsp3) is 0.190. The highest BCUT2D eigenvalue weighted by Crippen LogP contribution is 2.30. The first-order chi connectivity index (χ1) is 14.0. The highest BCUT2D eigenvalue weighted by molar-refractivity contribution is 6.05. The van der Waals surface area contributed by atoms with Crippen LogP contribution in [0.2, 0.25) is 0 Å². The number of para-hydroxylation sites is 2. The number of imide groups is 1. The van der Waals surface area contributed by atoms with Gasteiger partial charge in [-0.3, -0.25) is 24.5 Å². The summed E-state index contributed by atoms with van der Waals surface area (Å²) in [6, 6.07) is 11.7. The van der Waals surface area contributed by atoms with E-state index in [1.165, 1.54) is 4.90 Å². The van der Waals surface area contributed by atoms with E-state index in [4.69, 9.17) is 0 Å². The largest absolute Gasteiger partial charge is 0.322 e. The van der Waals surface area contributed by atoms with Crippen molar-refractivity contribution in [1.82, 2.24) is 20.2 Å². The smallest absolute Gasteiger partial charge is 0.274 e. The zero-order chi connectivity index (χ0) is 20.1. The molecule has 5 rings (SSSR count). The van der Waals surface area contributed by atoms with E-state index < -0.39 is 11.9 Å². The van der Waals surface area contributed by atoms with Crippen molar-refractivity contribution >= 4 is 28.8 Å². The van der Waals surface area contributed by atoms with Crippen molar-refractivity contribution in [2.75, 3.05) is 0 Å². The van der Waals surface area contributed by atoms with E-state index in [1.54, 1.807) is 24.3 Å². The Morgan fingerprint density at radius 2 is 1.86 bits per heavy atom. The number of nitrogens with one attached hydrogen (secondary N) is 2. The fourth-order valence-electron chi connectivity index (χ4n) is 3.95. The molecular weight excluding hydrogens is 372 g/mol. The molecular formula is C21H16N4O4. The molecule has 8 nitrogen and oxygen atoms in total. The molecule has 1 fully saturated rings. The van der Waals surface area contributed by atoms with Crippen molar-refractivity contribution in [2.45, 2.75) is 25.4 Å². The van der Waals surface area contributed by atoms with Crippen molar-refractivity contribution in [1.29, 1.82) is 0 Å². The van der Waals surface area contributed by atoms with Crippen LogP contribution in [0.15, 0.2) is 47.3 Å². The SMILES string of the molecule is O=C1CCC(N2Cc3cc(-c4nc5ccccc5[nH]c4=O)ccc3C2=O)C(=O)N1. The zero-order valence-electron chi connectivity index (χ0n) is 15.3. The number of nitrogens with zero attached hydrogens (tertiary/aromatic N) is 2. The van der Waals surface area contributed by atoms with E-state index in [9.17, 15) is 19.2 Å². The number of aromatic nitrogens is 2. The van der Waals surface area contributed by atoms with Crippen LogP contribution in [0, 0.1) is 0 Å². The number of piperidine rings is 1. The fourth-order valence-corrected chi connectivity index (χ4v) is 3.95. The maximum atomic E-state index is 12.8. The number of carbonyl (C=O) groups excluding carboxylic acids is 3. The van der Waals surface area contributed by atoms with Crippen molar-refractivity contribution in [3.63, 3.8) is 0 Å². The number of amides is 3. The third-order valence-corrected chi connectivity index (χ3v) is 5.40. The third kappa shape index (κ3) is 2.80. The molecule has 1 aromatic heterocycles. The molecule has 3 heterocycles. The van der Waals surface area contributed by atoms with Gasteiger partial charge in [0, 0.05) is 24.1 Å². The van der Waals surface area contributed by atoms with Crippen molar-refractivity contribution in [3.8, 4) is 11.3 Å². The van der Waals surface area contributed by atoms with Crippen LogP contribution in [0.5, 0.6) is 0 Å². The molecule has 0 spiro atoms. The highest BCUT2D eigenvalue weighted by atomic mass is 16.2. The Hall–Kier alpha value is -3.81. The Bertz CT molecular complexity index is 1260. The molecule has 1 unspecified atom stereocenters. The monoisotopic (exact) mass is 388 g/mol. The van der Waals surface area contributed by atoms with Crippen LogP contribution in [0.1, 0.15) is 28.8 Å². The molecule has 8 heteroatoms. The van der Waals surface area contributed by atoms with Crippen molar-refractivity contribution < 1.29 is 14.4 Å². The quantitative estimate of drug-likeness (QED) is 0.644. The van der Waals surface area contributed by atoms with E-state index in [1.807, 2.05) is 18.2 Å². The minimum Gasteiger partial charge on any atom is -0.322 e. The summed E-state index contributed by atoms with van der Waals surface area (Å²) in [6.45, 7) is 0.250. The van der Waals surface area contributed by atoms with Gasteiger partial charge in [-0.2, -0.15) is 0 Å². The van der Waals surface area contributed by atoms with Gasteiger partial charge in [0.05, 0.1) is 11.0 Å². The van der Waals surface area contributed by atoms with Gasteiger partial charge < -0.3 is 9.88 Å². The van der Waals surface area contributed by atoms with Gasteiger partial charge in [-0.15, -0.1) is 0 Å². The number of fused-ring (bicyclic) bond motifs is 2. The van der Waals surface area contributed by atoms with Crippen LogP contribution >= 0.6 is 0 Å². The lowest BCUT2D eigenvalue weighted by molar-refractivity contribution is -0.136. The lowest BCUT2D eigenvalue weighted by Crippen LogP contribution is -2.52. The Morgan fingerprint density at radius 3 is 2.69 bits per heavy atom. The first-order valence-electron chi connectivity index (χ1n) is 9.28. The van der Waals surface area contributed by atoms with Gasteiger partial charge in [0.2, 0.25) is 11.8 Å². The summed E-state index contributed by atoms with van der Waals surface area (Å²) in [5.41, 5.74) is 3.12. The van der Waals surface area contributed by atoms with Gasteiger partial charge in [-0.1, -0.05) is 18.2 Å². The maximum absolute atomic E-state index is 12.8. The summed E-state index contributed by atoms with van der Waals surface area (Å²) in [5.74, 6) is -1.02. The number of hydrogen-bond donors (Lipinski definition) is 2. The summed E-state index contributed by atoms with van der Waals surface area (Å²) in [7, 11) is 0. The van der Waals surface area contributed by atoms with Crippen LogP contribution < -0.4 is 10.9 Å². The summed E-state index contributed by atoms with van der Waals surface area (Å²) >= 11 is 0. The first kappa shape index (κ1) is 17.3. The Morgan fingerprint density at radius 1 is 1.03 bits per heavy atom. The summed E-state index contributed by atoms with van der Waals surface area (Å²) in [6.07, 6.45) is 0.515. The molecule has 1 atom stereocenters. The van der Waals surface area contributed by atoms with Crippen LogP contribution in [0.4, 0.5) is 0 Å². The van der Waals surface area contributed by atoms with Crippen molar-refractivity contribution in [3.05, 3.63) is 63.9 Å². The standard InChI is InChI=1S/C21H16N4O4/c26-17-8-7-16(19(27)24-17)25-10-12-9-11(5-6-13(12)21(25)29)18-20(28)23-15-4-2-1-3-14(15)22-18/h1-6,9,16H,7-8,10H2,(H,23,28)(H,24,26,27). The van der Waals surface area contributed by atoms with Gasteiger partial charge in [-0.05, 0) is 36.2 Å². The number of aromatic amines is 1. The highest BCUT2D eigenvalue weighted by Gasteiger charge is 2.39. The molecule has 2 aliphatic rings. The van der Waals surface area contributed by atoms with E-state index in [0.29, 0.717) is 28.6 Å². The van der Waals surface area contributed by atoms with Crippen LogP contribution in [0.3, 0.4) is 0 Å². The maximum Gasteiger partial charge on any atom is 0.274 e. The molecule has 3 aromatic rings. The first-order valence-corrected chi connectivity index (χ1v) is 9.28. The number of benzene rings is 2. The second-order valence-corrected chi connectivity index (χ2v) is 7.20. The number of H-pyrrole nitrogens is 1. The molecule has 2 N–H and O–H groups in total. The molecule has 0 aliphatic carbocycles. The van der Waals surface area contributed by atoms with E-state index in [-0.39, 0.29) is 36.0 Å². The van der Waals surface area contributed by atoms with Gasteiger partial charge in [-0.25, -0.2) is 4.98 Å². The number of hydrogen-bond acceptors (Lipinski definition) is 5. The van der Waals surface area contributed by atoms with E-state index in [0.717, 1.165) is 5.56 Å². The summed E-state index contributed by atoms with van der Waals surface area (Å²) < 4.78 is 0. The number of carbonyl (C=O) groups is 3. The van der Waals surface area contributed by atoms with Gasteiger partial charge in [0.15, 0.2) is 0 Å². The van der Waals surface area contributed by atoms with Gasteiger partial charge >= 0.3 is 0 Å². The van der Waals surface area contributed by atoms with Crippen molar-refractivity contribution in [2.24, 2.45) is 0 Å². The zero-order valence-corrected chi connectivity index (χ0v) is 15.3. The van der Waals surface area contributed by atoms with Crippen LogP contribution in [-0.4, -0.2) is 38.6 Å². The van der Waals surface area contributed by atoms with Gasteiger partial charge in [0.1, 0.15) is 11.7 Å². The second kappa shape index (κ2) is 6.37. The average molecular weight is 388 g/mol. The molecule has 0 saturated carbocycles. The van der Waals surface area contributed by atoms with E-state index >= 15 is 0 Å². The third-order valence-electron chi connectivity index (χ3n) is 5.40. The molecule has 0 radical (unpaired) electrons. The summed E-state index contributed by atoms with van der Waals surface area (Å²) in [4.78, 5) is 57.6. The van der Waals surface area contributed by atoms with Gasteiger partial charge in [0.25, 0.3) is 11.5 Å². The molecule has 2 aromatic carbocycles. The topological polar surface area (TPSA) is 112 Å². The Balaban J connectivity index is 1.51. The van der Waals surface area contributed by atoms with Crippen LogP contribution in [0.25, 0.3) is 22.3 Å². The van der Waals surface area contributed by atoms with Crippen LogP contribution in [-0.2, 0) is 16.1 Å². The molecule has 0 bridgehead atoms. The molecule has 2 aliphatic heterocycles. The predicted molar refractivity (Wildman–Crippen MR) is 104 cm³/mol. The molecule has 29 heavy (non-hydrogen) atoms. The normalized spacial score (nSPS) is 18.8. The average Bonchev–Trinajstić information content (AvgIpc) is 3.03. The lowest BCUT2D eigenvalue weighted by atomic mass is 10.0. The molecule has 1 saturated heterocycles. The predicted octanol–water partition coefficient (Wildman–Crippen LogP) is 1.35. The second-order valence-electron chi connectivity index (χ2n) is 7.20. The summed E-state index contributed by atoms with van der Waals surface area (Å²) in [5, 5.41) is 2.29. The molecule has 144 valence electrons.